The van der Waals surface area contributed by atoms with Crippen molar-refractivity contribution >= 4 is 0 Å². The molecule has 0 N–H and O–H groups in total. The maximum absolute atomic E-state index is 14.6. The molecule has 170 valence electrons. The Morgan fingerprint density at radius 3 is 2.10 bits per heavy atom. The largest absolute Gasteiger partial charge is 0.573 e. The van der Waals surface area contributed by atoms with Crippen LogP contribution in [0.15, 0.2) is 18.2 Å². The lowest BCUT2D eigenvalue weighted by Crippen LogP contribution is -2.25. The third-order valence-electron chi connectivity index (χ3n) is 7.38. The molecule has 0 radical (unpaired) electrons. The van der Waals surface area contributed by atoms with Crippen molar-refractivity contribution in [2.45, 2.75) is 96.8 Å². The van der Waals surface area contributed by atoms with Crippen LogP contribution in [0.1, 0.15) is 96.0 Å². The molecule has 2 fully saturated rings. The summed E-state index contributed by atoms with van der Waals surface area (Å²) in [7, 11) is 0. The number of halogens is 4. The van der Waals surface area contributed by atoms with Gasteiger partial charge in [-0.1, -0.05) is 58.1 Å². The molecule has 0 aromatic heterocycles. The van der Waals surface area contributed by atoms with Gasteiger partial charge in [0.25, 0.3) is 0 Å². The van der Waals surface area contributed by atoms with Crippen molar-refractivity contribution in [3.63, 3.8) is 0 Å². The first-order chi connectivity index (χ1) is 14.2. The summed E-state index contributed by atoms with van der Waals surface area (Å²) in [5.74, 6) is 1.58. The van der Waals surface area contributed by atoms with Gasteiger partial charge in [0.1, 0.15) is 0 Å². The maximum atomic E-state index is 14.6. The molecule has 0 aliphatic heterocycles. The molecule has 2 aliphatic rings. The second-order valence-electron chi connectivity index (χ2n) is 9.92. The van der Waals surface area contributed by atoms with Gasteiger partial charge < -0.3 is 4.74 Å². The number of rotatable bonds is 7. The number of ether oxygens (including phenoxy) is 1. The summed E-state index contributed by atoms with van der Waals surface area (Å²) in [4.78, 5) is 0. The Hall–Kier alpha value is -1.26. The van der Waals surface area contributed by atoms with Crippen molar-refractivity contribution in [3.05, 3.63) is 29.6 Å². The summed E-state index contributed by atoms with van der Waals surface area (Å²) >= 11 is 0. The summed E-state index contributed by atoms with van der Waals surface area (Å²) in [6, 6.07) is 4.13. The quantitative estimate of drug-likeness (QED) is 0.395. The predicted octanol–water partition coefficient (Wildman–Crippen LogP) is 8.63. The number of hydrogen-bond donors (Lipinski definition) is 0. The topological polar surface area (TPSA) is 9.23 Å². The van der Waals surface area contributed by atoms with E-state index in [-0.39, 0.29) is 5.92 Å². The van der Waals surface area contributed by atoms with Gasteiger partial charge in [-0.25, -0.2) is 4.39 Å². The van der Waals surface area contributed by atoms with Crippen LogP contribution in [0, 0.1) is 29.5 Å². The van der Waals surface area contributed by atoms with Gasteiger partial charge in [0, 0.05) is 0 Å². The highest BCUT2D eigenvalue weighted by molar-refractivity contribution is 5.33. The Morgan fingerprint density at radius 2 is 1.53 bits per heavy atom. The number of benzene rings is 1. The molecule has 2 saturated carbocycles. The molecule has 5 heteroatoms. The van der Waals surface area contributed by atoms with Crippen molar-refractivity contribution in [1.82, 2.24) is 0 Å². The van der Waals surface area contributed by atoms with E-state index in [9.17, 15) is 17.6 Å². The normalized spacial score (nSPS) is 28.0. The molecule has 0 bridgehead atoms. The molecule has 0 unspecified atom stereocenters. The average molecular weight is 429 g/mol. The smallest absolute Gasteiger partial charge is 0.403 e. The highest BCUT2D eigenvalue weighted by atomic mass is 19.4. The molecule has 0 heterocycles. The lowest BCUT2D eigenvalue weighted by Gasteiger charge is -2.38. The van der Waals surface area contributed by atoms with Gasteiger partial charge >= 0.3 is 6.36 Å². The molecule has 0 amide bonds. The molecule has 1 nitrogen and oxygen atoms in total. The molecular formula is C25H36F4O. The molecule has 0 spiro atoms. The van der Waals surface area contributed by atoms with Gasteiger partial charge in [-0.3, -0.25) is 0 Å². The molecule has 0 saturated heterocycles. The van der Waals surface area contributed by atoms with E-state index in [1.165, 1.54) is 51.0 Å². The third-order valence-corrected chi connectivity index (χ3v) is 7.38. The van der Waals surface area contributed by atoms with Crippen LogP contribution in [0.3, 0.4) is 0 Å². The summed E-state index contributed by atoms with van der Waals surface area (Å²) in [5, 5.41) is 0. The van der Waals surface area contributed by atoms with Crippen LogP contribution in [0.25, 0.3) is 0 Å². The lowest BCUT2D eigenvalue weighted by molar-refractivity contribution is -0.275. The first kappa shape index (κ1) is 23.4. The first-order valence-electron chi connectivity index (χ1n) is 11.8. The van der Waals surface area contributed by atoms with Crippen LogP contribution >= 0.6 is 0 Å². The SMILES string of the molecule is CC(C)CCCC1CCC(C2CCC(c3cccc(OC(F)(F)F)c3F)CC2)CC1. The summed E-state index contributed by atoms with van der Waals surface area (Å²) in [6.45, 7) is 4.58. The third kappa shape index (κ3) is 6.62. The minimum atomic E-state index is -4.87. The Kier molecular flexibility index (Phi) is 8.09. The zero-order valence-corrected chi connectivity index (χ0v) is 18.3. The van der Waals surface area contributed by atoms with Gasteiger partial charge in [-0.2, -0.15) is 0 Å². The Morgan fingerprint density at radius 1 is 0.933 bits per heavy atom. The standard InChI is InChI=1S/C25H36F4O/c1-17(2)5-3-6-18-9-11-19(12-10-18)20-13-15-21(16-14-20)22-7-4-8-23(24(22)26)30-25(27,28)29/h4,7-8,17-21H,3,5-6,9-16H2,1-2H3. The van der Waals surface area contributed by atoms with Gasteiger partial charge in [0.15, 0.2) is 11.6 Å². The second kappa shape index (κ2) is 10.4. The first-order valence-corrected chi connectivity index (χ1v) is 11.8. The summed E-state index contributed by atoms with van der Waals surface area (Å²) in [5.41, 5.74) is 0.379. The van der Waals surface area contributed by atoms with Gasteiger partial charge in [0.05, 0.1) is 0 Å². The molecule has 0 atom stereocenters. The lowest BCUT2D eigenvalue weighted by atomic mass is 9.68. The van der Waals surface area contributed by atoms with E-state index >= 15 is 0 Å². The van der Waals surface area contributed by atoms with Crippen LogP contribution < -0.4 is 4.74 Å². The van der Waals surface area contributed by atoms with E-state index in [1.54, 1.807) is 6.07 Å². The van der Waals surface area contributed by atoms with Crippen LogP contribution in [0.4, 0.5) is 17.6 Å². The maximum Gasteiger partial charge on any atom is 0.573 e. The molecule has 1 aromatic carbocycles. The van der Waals surface area contributed by atoms with E-state index in [4.69, 9.17) is 0 Å². The fourth-order valence-electron chi connectivity index (χ4n) is 5.71. The van der Waals surface area contributed by atoms with Crippen molar-refractivity contribution in [2.24, 2.45) is 23.7 Å². The average Bonchev–Trinajstić information content (AvgIpc) is 2.69. The van der Waals surface area contributed by atoms with E-state index in [0.29, 0.717) is 11.5 Å². The highest BCUT2D eigenvalue weighted by Crippen LogP contribution is 2.45. The summed E-state index contributed by atoms with van der Waals surface area (Å²) in [6.07, 6.45) is 8.29. The predicted molar refractivity (Wildman–Crippen MR) is 112 cm³/mol. The Balaban J connectivity index is 1.47. The Bertz CT molecular complexity index is 654. The van der Waals surface area contributed by atoms with Crippen molar-refractivity contribution < 1.29 is 22.3 Å². The van der Waals surface area contributed by atoms with E-state index < -0.39 is 17.9 Å². The molecule has 30 heavy (non-hydrogen) atoms. The zero-order valence-electron chi connectivity index (χ0n) is 18.3. The molecule has 3 rings (SSSR count). The van der Waals surface area contributed by atoms with Crippen LogP contribution in [0.2, 0.25) is 0 Å². The number of alkyl halides is 3. The van der Waals surface area contributed by atoms with Crippen molar-refractivity contribution in [2.75, 3.05) is 0 Å². The molecule has 1 aromatic rings. The van der Waals surface area contributed by atoms with E-state index in [2.05, 4.69) is 18.6 Å². The molecule has 2 aliphatic carbocycles. The van der Waals surface area contributed by atoms with Crippen LogP contribution in [0.5, 0.6) is 5.75 Å². The summed E-state index contributed by atoms with van der Waals surface area (Å²) < 4.78 is 55.9. The van der Waals surface area contributed by atoms with Crippen LogP contribution in [-0.2, 0) is 0 Å². The fraction of sp³-hybridized carbons (Fsp3) is 0.760. The van der Waals surface area contributed by atoms with Gasteiger partial charge in [-0.05, 0) is 79.7 Å². The molecular weight excluding hydrogens is 392 g/mol. The minimum Gasteiger partial charge on any atom is -0.403 e. The second-order valence-corrected chi connectivity index (χ2v) is 9.92. The monoisotopic (exact) mass is 428 g/mol. The van der Waals surface area contributed by atoms with E-state index in [0.717, 1.165) is 49.5 Å². The van der Waals surface area contributed by atoms with Crippen LogP contribution in [-0.4, -0.2) is 6.36 Å². The zero-order chi connectivity index (χ0) is 21.7. The fourth-order valence-corrected chi connectivity index (χ4v) is 5.71. The highest BCUT2D eigenvalue weighted by Gasteiger charge is 2.35. The van der Waals surface area contributed by atoms with Crippen molar-refractivity contribution in [3.8, 4) is 5.75 Å². The van der Waals surface area contributed by atoms with Gasteiger partial charge in [0.2, 0.25) is 0 Å². The number of hydrogen-bond acceptors (Lipinski definition) is 1. The van der Waals surface area contributed by atoms with Gasteiger partial charge in [-0.15, -0.1) is 13.2 Å². The van der Waals surface area contributed by atoms with E-state index in [1.807, 2.05) is 0 Å². The Labute approximate surface area is 178 Å². The van der Waals surface area contributed by atoms with Crippen molar-refractivity contribution in [1.29, 1.82) is 0 Å². The minimum absolute atomic E-state index is 0.00888.